The molecule has 1 saturated carbocycles. The maximum Gasteiger partial charge on any atom is 0.317 e. The van der Waals surface area contributed by atoms with Gasteiger partial charge in [-0.15, -0.1) is 0 Å². The molecule has 1 aliphatic carbocycles. The van der Waals surface area contributed by atoms with Gasteiger partial charge < -0.3 is 15.1 Å². The topological polar surface area (TPSA) is 52.7 Å². The van der Waals surface area contributed by atoms with Crippen molar-refractivity contribution in [2.75, 3.05) is 26.2 Å². The van der Waals surface area contributed by atoms with E-state index in [0.717, 1.165) is 6.42 Å². The van der Waals surface area contributed by atoms with Crippen LogP contribution in [-0.2, 0) is 4.79 Å². The molecule has 0 radical (unpaired) electrons. The maximum atomic E-state index is 12.4. The number of hydrogen-bond acceptors (Lipinski definition) is 2. The van der Waals surface area contributed by atoms with E-state index < -0.39 is 0 Å². The van der Waals surface area contributed by atoms with Gasteiger partial charge in [0.15, 0.2) is 0 Å². The van der Waals surface area contributed by atoms with E-state index in [4.69, 9.17) is 0 Å². The molecule has 5 heteroatoms. The molecule has 0 bridgehead atoms. The van der Waals surface area contributed by atoms with Crippen LogP contribution in [0, 0.1) is 11.3 Å². The van der Waals surface area contributed by atoms with Gasteiger partial charge in [-0.2, -0.15) is 0 Å². The first-order valence-electron chi connectivity index (χ1n) is 8.64. The van der Waals surface area contributed by atoms with Crippen molar-refractivity contribution >= 4 is 11.9 Å². The summed E-state index contributed by atoms with van der Waals surface area (Å²) in [7, 11) is 0. The number of carbonyl (C=O) groups excluding carboxylic acids is 2. The average Bonchev–Trinajstić information content (AvgIpc) is 2.48. The Hall–Kier alpha value is -1.26. The highest BCUT2D eigenvalue weighted by molar-refractivity contribution is 5.82. The number of amides is 3. The molecule has 2 atom stereocenters. The molecular weight excluding hydrogens is 278 g/mol. The highest BCUT2D eigenvalue weighted by Gasteiger charge is 2.32. The van der Waals surface area contributed by atoms with Crippen molar-refractivity contribution in [2.24, 2.45) is 11.3 Å². The lowest BCUT2D eigenvalue weighted by molar-refractivity contribution is -0.140. The SMILES string of the molecule is CC1CCCCC1NC(=O)N1CCN(C(=O)C(C)(C)C)CC1. The lowest BCUT2D eigenvalue weighted by atomic mass is 9.86. The van der Waals surface area contributed by atoms with Crippen LogP contribution < -0.4 is 5.32 Å². The fourth-order valence-corrected chi connectivity index (χ4v) is 3.37. The summed E-state index contributed by atoms with van der Waals surface area (Å²) >= 11 is 0. The highest BCUT2D eigenvalue weighted by atomic mass is 16.2. The number of carbonyl (C=O) groups is 2. The molecule has 1 N–H and O–H groups in total. The number of urea groups is 1. The summed E-state index contributed by atoms with van der Waals surface area (Å²) in [6.07, 6.45) is 4.79. The lowest BCUT2D eigenvalue weighted by Crippen LogP contribution is -2.56. The minimum absolute atomic E-state index is 0.0432. The predicted molar refractivity (Wildman–Crippen MR) is 87.6 cm³/mol. The van der Waals surface area contributed by atoms with E-state index in [2.05, 4.69) is 12.2 Å². The molecule has 1 heterocycles. The van der Waals surface area contributed by atoms with Crippen LogP contribution in [0.1, 0.15) is 53.4 Å². The van der Waals surface area contributed by atoms with Crippen LogP contribution in [0.15, 0.2) is 0 Å². The Kier molecular flexibility index (Phi) is 5.35. The summed E-state index contributed by atoms with van der Waals surface area (Å²) in [5.41, 5.74) is -0.345. The van der Waals surface area contributed by atoms with E-state index in [1.165, 1.54) is 19.3 Å². The quantitative estimate of drug-likeness (QED) is 0.809. The minimum Gasteiger partial charge on any atom is -0.339 e. The van der Waals surface area contributed by atoms with Gasteiger partial charge in [-0.05, 0) is 18.8 Å². The van der Waals surface area contributed by atoms with Crippen LogP contribution in [0.2, 0.25) is 0 Å². The van der Waals surface area contributed by atoms with E-state index in [1.54, 1.807) is 0 Å². The molecule has 0 aromatic heterocycles. The van der Waals surface area contributed by atoms with Crippen molar-refractivity contribution in [3.8, 4) is 0 Å². The van der Waals surface area contributed by atoms with Gasteiger partial charge in [0.25, 0.3) is 0 Å². The summed E-state index contributed by atoms with van der Waals surface area (Å²) in [4.78, 5) is 28.4. The van der Waals surface area contributed by atoms with Crippen LogP contribution in [0.4, 0.5) is 4.79 Å². The molecular formula is C17H31N3O2. The molecule has 5 nitrogen and oxygen atoms in total. The van der Waals surface area contributed by atoms with Gasteiger partial charge in [0.2, 0.25) is 5.91 Å². The largest absolute Gasteiger partial charge is 0.339 e. The van der Waals surface area contributed by atoms with Crippen LogP contribution in [-0.4, -0.2) is 54.0 Å². The zero-order valence-electron chi connectivity index (χ0n) is 14.5. The molecule has 2 aliphatic rings. The Morgan fingerprint density at radius 2 is 1.50 bits per heavy atom. The minimum atomic E-state index is -0.345. The van der Waals surface area contributed by atoms with Crippen LogP contribution >= 0.6 is 0 Å². The maximum absolute atomic E-state index is 12.4. The Balaban J connectivity index is 1.81. The van der Waals surface area contributed by atoms with E-state index in [9.17, 15) is 9.59 Å². The van der Waals surface area contributed by atoms with Gasteiger partial charge in [0, 0.05) is 37.6 Å². The molecule has 0 spiro atoms. The van der Waals surface area contributed by atoms with Gasteiger partial charge in [-0.25, -0.2) is 4.79 Å². The molecule has 0 aromatic carbocycles. The van der Waals surface area contributed by atoms with Crippen LogP contribution in [0.3, 0.4) is 0 Å². The molecule has 2 unspecified atom stereocenters. The van der Waals surface area contributed by atoms with E-state index in [-0.39, 0.29) is 17.4 Å². The second-order valence-corrected chi connectivity index (χ2v) is 7.85. The number of piperazine rings is 1. The Labute approximate surface area is 134 Å². The Bertz CT molecular complexity index is 409. The number of rotatable bonds is 1. The van der Waals surface area contributed by atoms with Gasteiger partial charge in [0.1, 0.15) is 0 Å². The van der Waals surface area contributed by atoms with Crippen LogP contribution in [0.25, 0.3) is 0 Å². The zero-order valence-corrected chi connectivity index (χ0v) is 14.5. The standard InChI is InChI=1S/C17H31N3O2/c1-13-7-5-6-8-14(13)18-16(22)20-11-9-19(10-12-20)15(21)17(2,3)4/h13-14H,5-12H2,1-4H3,(H,18,22). The van der Waals surface area contributed by atoms with Crippen molar-refractivity contribution in [2.45, 2.75) is 59.4 Å². The normalized spacial score (nSPS) is 26.7. The highest BCUT2D eigenvalue weighted by Crippen LogP contribution is 2.24. The second-order valence-electron chi connectivity index (χ2n) is 7.85. The fourth-order valence-electron chi connectivity index (χ4n) is 3.37. The third kappa shape index (κ3) is 4.14. The second kappa shape index (κ2) is 6.88. The van der Waals surface area contributed by atoms with Crippen molar-refractivity contribution < 1.29 is 9.59 Å². The summed E-state index contributed by atoms with van der Waals surface area (Å²) in [5, 5.41) is 3.20. The van der Waals surface area contributed by atoms with Gasteiger partial charge in [0.05, 0.1) is 0 Å². The summed E-state index contributed by atoms with van der Waals surface area (Å²) in [6, 6.07) is 0.358. The number of nitrogens with one attached hydrogen (secondary N) is 1. The molecule has 0 aromatic rings. The first-order chi connectivity index (χ1) is 10.3. The Morgan fingerprint density at radius 3 is 2.05 bits per heavy atom. The molecule has 2 rings (SSSR count). The first kappa shape index (κ1) is 17.1. The van der Waals surface area contributed by atoms with Crippen molar-refractivity contribution in [3.05, 3.63) is 0 Å². The van der Waals surface area contributed by atoms with E-state index in [1.807, 2.05) is 30.6 Å². The smallest absolute Gasteiger partial charge is 0.317 e. The first-order valence-corrected chi connectivity index (χ1v) is 8.64. The molecule has 22 heavy (non-hydrogen) atoms. The van der Waals surface area contributed by atoms with Crippen molar-refractivity contribution in [3.63, 3.8) is 0 Å². The average molecular weight is 309 g/mol. The molecule has 1 aliphatic heterocycles. The predicted octanol–water partition coefficient (Wildman–Crippen LogP) is 2.47. The third-order valence-electron chi connectivity index (χ3n) is 4.92. The van der Waals surface area contributed by atoms with Crippen LogP contribution in [0.5, 0.6) is 0 Å². The molecule has 126 valence electrons. The molecule has 1 saturated heterocycles. The zero-order chi connectivity index (χ0) is 16.3. The number of hydrogen-bond donors (Lipinski definition) is 1. The number of nitrogens with zero attached hydrogens (tertiary/aromatic N) is 2. The summed E-state index contributed by atoms with van der Waals surface area (Å²) in [6.45, 7) is 10.6. The summed E-state index contributed by atoms with van der Waals surface area (Å²) in [5.74, 6) is 0.745. The van der Waals surface area contributed by atoms with Crippen molar-refractivity contribution in [1.29, 1.82) is 0 Å². The van der Waals surface area contributed by atoms with Gasteiger partial charge in [-0.1, -0.05) is 40.5 Å². The lowest BCUT2D eigenvalue weighted by Gasteiger charge is -2.39. The molecule has 2 fully saturated rings. The fraction of sp³-hybridized carbons (Fsp3) is 0.882. The Morgan fingerprint density at radius 1 is 0.955 bits per heavy atom. The monoisotopic (exact) mass is 309 g/mol. The third-order valence-corrected chi connectivity index (χ3v) is 4.92. The molecule has 3 amide bonds. The van der Waals surface area contributed by atoms with Gasteiger partial charge >= 0.3 is 6.03 Å². The summed E-state index contributed by atoms with van der Waals surface area (Å²) < 4.78 is 0. The van der Waals surface area contributed by atoms with Crippen molar-refractivity contribution in [1.82, 2.24) is 15.1 Å². The van der Waals surface area contributed by atoms with Gasteiger partial charge in [-0.3, -0.25) is 4.79 Å². The van der Waals surface area contributed by atoms with E-state index in [0.29, 0.717) is 38.1 Å². The van der Waals surface area contributed by atoms with E-state index >= 15 is 0 Å².